The zero-order valence-electron chi connectivity index (χ0n) is 13.9. The number of carboxylic acids is 1. The molecule has 2 aromatic rings. The SMILES string of the molecule is CSc1ccc([N+](=O)[O-])c2c(CC(CCN)C(=O)O)c(C)n(C)c12. The van der Waals surface area contributed by atoms with E-state index in [0.717, 1.165) is 21.7 Å². The molecular formula is C16H21N3O4S. The maximum Gasteiger partial charge on any atom is 0.306 e. The molecule has 0 fully saturated rings. The first-order chi connectivity index (χ1) is 11.3. The Kier molecular flexibility index (Phi) is 5.51. The van der Waals surface area contributed by atoms with E-state index in [-0.39, 0.29) is 18.7 Å². The summed E-state index contributed by atoms with van der Waals surface area (Å²) < 4.78 is 1.91. The average molecular weight is 351 g/mol. The molecule has 1 unspecified atom stereocenters. The highest BCUT2D eigenvalue weighted by Crippen LogP contribution is 2.39. The zero-order valence-corrected chi connectivity index (χ0v) is 14.7. The van der Waals surface area contributed by atoms with Crippen molar-refractivity contribution in [3.05, 3.63) is 33.5 Å². The number of nitro groups is 1. The Morgan fingerprint density at radius 3 is 2.67 bits per heavy atom. The summed E-state index contributed by atoms with van der Waals surface area (Å²) in [5.41, 5.74) is 7.88. The van der Waals surface area contributed by atoms with Crippen LogP contribution in [0.5, 0.6) is 0 Å². The molecule has 24 heavy (non-hydrogen) atoms. The molecule has 3 N–H and O–H groups in total. The van der Waals surface area contributed by atoms with Crippen molar-refractivity contribution in [3.63, 3.8) is 0 Å². The van der Waals surface area contributed by atoms with Gasteiger partial charge in [-0.1, -0.05) is 0 Å². The number of aliphatic carboxylic acids is 1. The van der Waals surface area contributed by atoms with E-state index in [1.54, 1.807) is 6.07 Å². The third-order valence-electron chi connectivity index (χ3n) is 4.43. The smallest absolute Gasteiger partial charge is 0.306 e. The molecule has 0 saturated carbocycles. The van der Waals surface area contributed by atoms with Crippen LogP contribution in [0.3, 0.4) is 0 Å². The highest BCUT2D eigenvalue weighted by Gasteiger charge is 2.27. The Bertz CT molecular complexity index is 800. The van der Waals surface area contributed by atoms with Gasteiger partial charge in [0.25, 0.3) is 5.69 Å². The summed E-state index contributed by atoms with van der Waals surface area (Å²) in [5.74, 6) is -1.59. The molecule has 0 aliphatic carbocycles. The summed E-state index contributed by atoms with van der Waals surface area (Å²) in [6, 6.07) is 3.23. The standard InChI is InChI=1S/C16H21N3O4S/c1-9-11(8-10(6-7-17)16(20)21)14-12(19(22)23)4-5-13(24-3)15(14)18(9)2/h4-5,10H,6-8,17H2,1-3H3,(H,20,21). The highest BCUT2D eigenvalue weighted by atomic mass is 32.2. The lowest BCUT2D eigenvalue weighted by Crippen LogP contribution is -2.20. The number of non-ortho nitro benzene ring substituents is 1. The lowest BCUT2D eigenvalue weighted by Gasteiger charge is -2.11. The molecular weight excluding hydrogens is 330 g/mol. The van der Waals surface area contributed by atoms with Crippen molar-refractivity contribution in [2.24, 2.45) is 18.7 Å². The van der Waals surface area contributed by atoms with Gasteiger partial charge in [-0.15, -0.1) is 11.8 Å². The molecule has 0 aliphatic heterocycles. The molecule has 0 amide bonds. The Hall–Kier alpha value is -2.06. The fourth-order valence-corrected chi connectivity index (χ4v) is 3.71. The second-order valence-electron chi connectivity index (χ2n) is 5.71. The number of benzene rings is 1. The van der Waals surface area contributed by atoms with Gasteiger partial charge in [-0.05, 0) is 44.2 Å². The fraction of sp³-hybridized carbons (Fsp3) is 0.438. The van der Waals surface area contributed by atoms with Gasteiger partial charge in [-0.25, -0.2) is 0 Å². The molecule has 130 valence electrons. The lowest BCUT2D eigenvalue weighted by molar-refractivity contribution is -0.383. The van der Waals surface area contributed by atoms with E-state index in [4.69, 9.17) is 5.73 Å². The molecule has 0 spiro atoms. The predicted molar refractivity (Wildman–Crippen MR) is 94.6 cm³/mol. The topological polar surface area (TPSA) is 111 Å². The Morgan fingerprint density at radius 2 is 2.17 bits per heavy atom. The Morgan fingerprint density at radius 1 is 1.50 bits per heavy atom. The molecule has 2 rings (SSSR count). The van der Waals surface area contributed by atoms with E-state index in [1.165, 1.54) is 17.8 Å². The second kappa shape index (κ2) is 7.23. The minimum absolute atomic E-state index is 0.0124. The van der Waals surface area contributed by atoms with Crippen LogP contribution in [-0.2, 0) is 18.3 Å². The molecule has 0 radical (unpaired) electrons. The van der Waals surface area contributed by atoms with Crippen molar-refractivity contribution < 1.29 is 14.8 Å². The van der Waals surface area contributed by atoms with E-state index < -0.39 is 16.8 Å². The number of aryl methyl sites for hydroxylation is 1. The molecule has 1 aromatic heterocycles. The van der Waals surface area contributed by atoms with Crippen molar-refractivity contribution in [1.82, 2.24) is 4.57 Å². The number of hydrogen-bond donors (Lipinski definition) is 2. The predicted octanol–water partition coefficient (Wildman–Crippen LogP) is 2.71. The van der Waals surface area contributed by atoms with E-state index in [1.807, 2.05) is 24.8 Å². The van der Waals surface area contributed by atoms with Gasteiger partial charge in [-0.3, -0.25) is 14.9 Å². The molecule has 8 heteroatoms. The third-order valence-corrected chi connectivity index (χ3v) is 5.20. The number of hydrogen-bond acceptors (Lipinski definition) is 5. The van der Waals surface area contributed by atoms with E-state index in [0.29, 0.717) is 11.8 Å². The van der Waals surface area contributed by atoms with Crippen molar-refractivity contribution in [3.8, 4) is 0 Å². The van der Waals surface area contributed by atoms with Crippen molar-refractivity contribution in [1.29, 1.82) is 0 Å². The minimum Gasteiger partial charge on any atom is -0.481 e. The first-order valence-electron chi connectivity index (χ1n) is 7.55. The third kappa shape index (κ3) is 3.11. The van der Waals surface area contributed by atoms with E-state index in [2.05, 4.69) is 0 Å². The summed E-state index contributed by atoms with van der Waals surface area (Å²) in [4.78, 5) is 23.5. The number of nitrogens with zero attached hydrogens (tertiary/aromatic N) is 2. The van der Waals surface area contributed by atoms with Crippen LogP contribution in [0.25, 0.3) is 10.9 Å². The molecule has 1 atom stereocenters. The van der Waals surface area contributed by atoms with Crippen LogP contribution in [0.15, 0.2) is 17.0 Å². The zero-order chi connectivity index (χ0) is 18.0. The number of nitrogens with two attached hydrogens (primary N) is 1. The maximum absolute atomic E-state index is 11.5. The van der Waals surface area contributed by atoms with Crippen molar-refractivity contribution in [2.75, 3.05) is 12.8 Å². The van der Waals surface area contributed by atoms with Gasteiger partial charge in [0, 0.05) is 23.7 Å². The molecule has 7 nitrogen and oxygen atoms in total. The van der Waals surface area contributed by atoms with Gasteiger partial charge in [0.2, 0.25) is 0 Å². The van der Waals surface area contributed by atoms with Crippen molar-refractivity contribution >= 4 is 34.3 Å². The van der Waals surface area contributed by atoms with Crippen LogP contribution in [0, 0.1) is 23.0 Å². The normalized spacial score (nSPS) is 12.5. The van der Waals surface area contributed by atoms with Gasteiger partial charge in [0.1, 0.15) is 0 Å². The average Bonchev–Trinajstić information content (AvgIpc) is 2.78. The molecule has 0 bridgehead atoms. The monoisotopic (exact) mass is 351 g/mol. The number of aromatic nitrogens is 1. The van der Waals surface area contributed by atoms with Crippen LogP contribution in [-0.4, -0.2) is 33.4 Å². The molecule has 0 saturated heterocycles. The van der Waals surface area contributed by atoms with E-state index >= 15 is 0 Å². The van der Waals surface area contributed by atoms with E-state index in [9.17, 15) is 20.0 Å². The largest absolute Gasteiger partial charge is 0.481 e. The first kappa shape index (κ1) is 18.3. The number of rotatable bonds is 7. The lowest BCUT2D eigenvalue weighted by atomic mass is 9.94. The summed E-state index contributed by atoms with van der Waals surface area (Å²) in [6.07, 6.45) is 2.48. The van der Waals surface area contributed by atoms with Crippen LogP contribution >= 0.6 is 11.8 Å². The van der Waals surface area contributed by atoms with Gasteiger partial charge in [0.15, 0.2) is 0 Å². The number of fused-ring (bicyclic) bond motifs is 1. The first-order valence-corrected chi connectivity index (χ1v) is 8.78. The second-order valence-corrected chi connectivity index (χ2v) is 6.56. The van der Waals surface area contributed by atoms with Crippen LogP contribution in [0.4, 0.5) is 5.69 Å². The summed E-state index contributed by atoms with van der Waals surface area (Å²) in [5, 5.41) is 21.4. The van der Waals surface area contributed by atoms with Crippen LogP contribution in [0.2, 0.25) is 0 Å². The summed E-state index contributed by atoms with van der Waals surface area (Å²) >= 11 is 1.51. The van der Waals surface area contributed by atoms with Gasteiger partial charge in [0.05, 0.1) is 21.7 Å². The Balaban J connectivity index is 2.75. The summed E-state index contributed by atoms with van der Waals surface area (Å²) in [7, 11) is 1.85. The van der Waals surface area contributed by atoms with Crippen LogP contribution in [0.1, 0.15) is 17.7 Å². The fourth-order valence-electron chi connectivity index (χ4n) is 3.07. The maximum atomic E-state index is 11.5. The van der Waals surface area contributed by atoms with Gasteiger partial charge < -0.3 is 15.4 Å². The van der Waals surface area contributed by atoms with Gasteiger partial charge in [-0.2, -0.15) is 0 Å². The number of carboxylic acid groups (broad SMARTS) is 1. The number of carbonyl (C=O) groups is 1. The Labute approximate surface area is 144 Å². The molecule has 1 aromatic carbocycles. The highest BCUT2D eigenvalue weighted by molar-refractivity contribution is 7.98. The molecule has 1 heterocycles. The van der Waals surface area contributed by atoms with Crippen molar-refractivity contribution in [2.45, 2.75) is 24.7 Å². The number of nitro benzene ring substituents is 1. The minimum atomic E-state index is -0.930. The summed E-state index contributed by atoms with van der Waals surface area (Å²) in [6.45, 7) is 2.13. The number of thioether (sulfide) groups is 1. The van der Waals surface area contributed by atoms with Gasteiger partial charge >= 0.3 is 5.97 Å². The molecule has 0 aliphatic rings. The van der Waals surface area contributed by atoms with Crippen LogP contribution < -0.4 is 5.73 Å². The quantitative estimate of drug-likeness (QED) is 0.451.